The van der Waals surface area contributed by atoms with Crippen LogP contribution in [0.4, 0.5) is 8.78 Å². The topological polar surface area (TPSA) is 82.5 Å². The van der Waals surface area contributed by atoms with E-state index >= 15 is 0 Å². The van der Waals surface area contributed by atoms with E-state index in [0.29, 0.717) is 22.6 Å². The van der Waals surface area contributed by atoms with Crippen molar-refractivity contribution in [2.24, 2.45) is 0 Å². The Labute approximate surface area is 156 Å². The second kappa shape index (κ2) is 8.32. The van der Waals surface area contributed by atoms with Crippen molar-refractivity contribution in [3.8, 4) is 5.75 Å². The van der Waals surface area contributed by atoms with Gasteiger partial charge < -0.3 is 9.47 Å². The zero-order chi connectivity index (χ0) is 19.4. The first-order valence-electron chi connectivity index (χ1n) is 8.52. The lowest BCUT2D eigenvalue weighted by Gasteiger charge is -2.12. The fraction of sp³-hybridized carbons (Fsp3) is 0.471. The van der Waals surface area contributed by atoms with Gasteiger partial charge in [0.15, 0.2) is 0 Å². The van der Waals surface area contributed by atoms with Gasteiger partial charge in [-0.15, -0.1) is 0 Å². The van der Waals surface area contributed by atoms with Gasteiger partial charge in [-0.1, -0.05) is 12.1 Å². The highest BCUT2D eigenvalue weighted by molar-refractivity contribution is 7.89. The molecular formula is C17H21F2N3O4S. The lowest BCUT2D eigenvalue weighted by Crippen LogP contribution is -2.23. The Morgan fingerprint density at radius 1 is 1.44 bits per heavy atom. The number of halogens is 2. The van der Waals surface area contributed by atoms with Gasteiger partial charge in [0.05, 0.1) is 18.0 Å². The van der Waals surface area contributed by atoms with Crippen molar-refractivity contribution in [1.29, 1.82) is 0 Å². The molecular weight excluding hydrogens is 380 g/mol. The number of ether oxygens (including phenoxy) is 2. The zero-order valence-corrected chi connectivity index (χ0v) is 15.6. The maximum Gasteiger partial charge on any atom is 0.333 e. The van der Waals surface area contributed by atoms with Crippen molar-refractivity contribution >= 4 is 10.0 Å². The minimum atomic E-state index is -3.97. The molecule has 1 aromatic carbocycles. The molecule has 27 heavy (non-hydrogen) atoms. The van der Waals surface area contributed by atoms with E-state index in [9.17, 15) is 17.2 Å². The molecule has 2 heterocycles. The standard InChI is InChI=1S/C17H21F2N3O4S/c1-12-16(10-22(21-12)17(18)19)27(23,24)20-9-13-4-2-5-14(8-13)26-11-15-6-3-7-25-15/h2,4-5,8,10,15,17,20H,3,6-7,9,11H2,1H3/t15-/m1/s1. The molecule has 10 heteroatoms. The van der Waals surface area contributed by atoms with Gasteiger partial charge in [0.25, 0.3) is 0 Å². The first-order chi connectivity index (χ1) is 12.8. The van der Waals surface area contributed by atoms with E-state index in [0.717, 1.165) is 25.6 Å². The Morgan fingerprint density at radius 3 is 2.93 bits per heavy atom. The largest absolute Gasteiger partial charge is 0.491 e. The third kappa shape index (κ3) is 5.02. The fourth-order valence-electron chi connectivity index (χ4n) is 2.80. The van der Waals surface area contributed by atoms with E-state index in [2.05, 4.69) is 9.82 Å². The number of nitrogens with one attached hydrogen (secondary N) is 1. The van der Waals surface area contributed by atoms with Crippen molar-refractivity contribution < 1.29 is 26.7 Å². The van der Waals surface area contributed by atoms with Crippen LogP contribution < -0.4 is 9.46 Å². The fourth-order valence-corrected chi connectivity index (χ4v) is 3.98. The third-order valence-electron chi connectivity index (χ3n) is 4.19. The first-order valence-corrected chi connectivity index (χ1v) is 10.0. The van der Waals surface area contributed by atoms with E-state index in [1.54, 1.807) is 24.3 Å². The van der Waals surface area contributed by atoms with Crippen LogP contribution in [0.3, 0.4) is 0 Å². The van der Waals surface area contributed by atoms with E-state index in [-0.39, 0.29) is 23.2 Å². The Balaban J connectivity index is 1.62. The number of aryl methyl sites for hydroxylation is 1. The van der Waals surface area contributed by atoms with Crippen LogP contribution in [0, 0.1) is 6.92 Å². The van der Waals surface area contributed by atoms with E-state index in [4.69, 9.17) is 9.47 Å². The van der Waals surface area contributed by atoms with Gasteiger partial charge in [0.1, 0.15) is 17.3 Å². The number of aromatic nitrogens is 2. The van der Waals surface area contributed by atoms with Crippen LogP contribution in [-0.4, -0.2) is 37.5 Å². The molecule has 0 unspecified atom stereocenters. The van der Waals surface area contributed by atoms with Crippen molar-refractivity contribution in [3.05, 3.63) is 41.7 Å². The summed E-state index contributed by atoms with van der Waals surface area (Å²) in [7, 11) is -3.97. The lowest BCUT2D eigenvalue weighted by molar-refractivity contribution is 0.0561. The van der Waals surface area contributed by atoms with Gasteiger partial charge in [-0.2, -0.15) is 13.9 Å². The van der Waals surface area contributed by atoms with Gasteiger partial charge in [0.2, 0.25) is 10.0 Å². The Hall–Kier alpha value is -2.04. The van der Waals surface area contributed by atoms with Gasteiger partial charge in [-0.05, 0) is 37.5 Å². The summed E-state index contributed by atoms with van der Waals surface area (Å²) < 4.78 is 64.1. The van der Waals surface area contributed by atoms with Gasteiger partial charge >= 0.3 is 6.55 Å². The number of sulfonamides is 1. The maximum absolute atomic E-state index is 12.7. The average Bonchev–Trinajstić information content (AvgIpc) is 3.28. The molecule has 1 fully saturated rings. The van der Waals surface area contributed by atoms with Gasteiger partial charge in [-0.3, -0.25) is 0 Å². The van der Waals surface area contributed by atoms with Crippen LogP contribution in [0.5, 0.6) is 5.75 Å². The van der Waals surface area contributed by atoms with Crippen molar-refractivity contribution in [2.75, 3.05) is 13.2 Å². The van der Waals surface area contributed by atoms with Gasteiger partial charge in [-0.25, -0.2) is 17.8 Å². The highest BCUT2D eigenvalue weighted by Crippen LogP contribution is 2.20. The van der Waals surface area contributed by atoms with Crippen LogP contribution in [-0.2, 0) is 21.3 Å². The summed E-state index contributed by atoms with van der Waals surface area (Å²) in [5, 5.41) is 3.52. The number of rotatable bonds is 8. The zero-order valence-electron chi connectivity index (χ0n) is 14.8. The average molecular weight is 401 g/mol. The summed E-state index contributed by atoms with van der Waals surface area (Å²) in [6.45, 7) is -0.338. The molecule has 0 saturated carbocycles. The predicted molar refractivity (Wildman–Crippen MR) is 93.2 cm³/mol. The number of hydrogen-bond donors (Lipinski definition) is 1. The van der Waals surface area contributed by atoms with Crippen LogP contribution in [0.2, 0.25) is 0 Å². The minimum absolute atomic E-state index is 0.00123. The quantitative estimate of drug-likeness (QED) is 0.735. The van der Waals surface area contributed by atoms with Crippen LogP contribution in [0.15, 0.2) is 35.4 Å². The molecule has 0 radical (unpaired) electrons. The van der Waals surface area contributed by atoms with Crippen LogP contribution in [0.1, 0.15) is 30.6 Å². The number of alkyl halides is 2. The van der Waals surface area contributed by atoms with Crippen LogP contribution >= 0.6 is 0 Å². The molecule has 1 aliphatic heterocycles. The van der Waals surface area contributed by atoms with E-state index in [1.807, 2.05) is 0 Å². The molecule has 1 aliphatic rings. The third-order valence-corrected chi connectivity index (χ3v) is 5.69. The molecule has 7 nitrogen and oxygen atoms in total. The monoisotopic (exact) mass is 401 g/mol. The second-order valence-electron chi connectivity index (χ2n) is 6.25. The molecule has 1 N–H and O–H groups in total. The highest BCUT2D eigenvalue weighted by Gasteiger charge is 2.22. The molecule has 0 spiro atoms. The van der Waals surface area contributed by atoms with E-state index in [1.165, 1.54) is 6.92 Å². The molecule has 1 atom stereocenters. The summed E-state index contributed by atoms with van der Waals surface area (Å²) in [5.41, 5.74) is 0.693. The normalized spacial score (nSPS) is 17.6. The van der Waals surface area contributed by atoms with Crippen molar-refractivity contribution in [1.82, 2.24) is 14.5 Å². The smallest absolute Gasteiger partial charge is 0.333 e. The Kier molecular flexibility index (Phi) is 6.08. The molecule has 3 rings (SSSR count). The van der Waals surface area contributed by atoms with Crippen molar-refractivity contribution in [2.45, 2.75) is 43.9 Å². The summed E-state index contributed by atoms with van der Waals surface area (Å²) in [4.78, 5) is -0.270. The summed E-state index contributed by atoms with van der Waals surface area (Å²) >= 11 is 0. The Bertz CT molecular complexity index is 880. The first kappa shape index (κ1) is 19.7. The molecule has 148 valence electrons. The maximum atomic E-state index is 12.7. The number of hydrogen-bond acceptors (Lipinski definition) is 5. The second-order valence-corrected chi connectivity index (χ2v) is 7.99. The molecule has 1 aromatic heterocycles. The highest BCUT2D eigenvalue weighted by atomic mass is 32.2. The van der Waals surface area contributed by atoms with E-state index < -0.39 is 16.6 Å². The van der Waals surface area contributed by atoms with Crippen LogP contribution in [0.25, 0.3) is 0 Å². The molecule has 1 saturated heterocycles. The Morgan fingerprint density at radius 2 is 2.26 bits per heavy atom. The van der Waals surface area contributed by atoms with Gasteiger partial charge in [0, 0.05) is 13.2 Å². The number of benzene rings is 1. The molecule has 0 amide bonds. The van der Waals surface area contributed by atoms with Crippen molar-refractivity contribution in [3.63, 3.8) is 0 Å². The number of nitrogens with zero attached hydrogens (tertiary/aromatic N) is 2. The summed E-state index contributed by atoms with van der Waals surface area (Å²) in [5.74, 6) is 0.615. The SMILES string of the molecule is Cc1nn(C(F)F)cc1S(=O)(=O)NCc1cccc(OC[C@H]2CCCO2)c1. The molecule has 0 bridgehead atoms. The predicted octanol–water partition coefficient (Wildman–Crippen LogP) is 2.62. The minimum Gasteiger partial charge on any atom is -0.491 e. The summed E-state index contributed by atoms with van der Waals surface area (Å²) in [6, 6.07) is 7.02. The summed E-state index contributed by atoms with van der Waals surface area (Å²) in [6.07, 6.45) is 2.90. The lowest BCUT2D eigenvalue weighted by atomic mass is 10.2. The molecule has 2 aromatic rings. The molecule has 0 aliphatic carbocycles.